The van der Waals surface area contributed by atoms with E-state index in [1.807, 2.05) is 0 Å². The highest BCUT2D eigenvalue weighted by Crippen LogP contribution is 2.31. The summed E-state index contributed by atoms with van der Waals surface area (Å²) >= 11 is 0. The Kier molecular flexibility index (Phi) is 5.93. The molecule has 0 saturated carbocycles. The summed E-state index contributed by atoms with van der Waals surface area (Å²) in [5.74, 6) is 9.66. The minimum Gasteiger partial charge on any atom is -0.284 e. The zero-order chi connectivity index (χ0) is 14.7. The summed E-state index contributed by atoms with van der Waals surface area (Å²) in [6, 6.07) is 1.57. The Labute approximate surface area is 121 Å². The lowest BCUT2D eigenvalue weighted by atomic mass is 9.85. The van der Waals surface area contributed by atoms with E-state index in [4.69, 9.17) is 0 Å². The molecule has 0 spiro atoms. The summed E-state index contributed by atoms with van der Waals surface area (Å²) in [6.07, 6.45) is 1.24. The largest absolute Gasteiger partial charge is 0.284 e. The quantitative estimate of drug-likeness (QED) is 0.678. The molecule has 1 heterocycles. The van der Waals surface area contributed by atoms with Gasteiger partial charge in [0.1, 0.15) is 0 Å². The van der Waals surface area contributed by atoms with E-state index in [1.54, 1.807) is 0 Å². The number of hydrogen-bond acceptors (Lipinski definition) is 1. The van der Waals surface area contributed by atoms with Gasteiger partial charge in [-0.05, 0) is 38.5 Å². The van der Waals surface area contributed by atoms with Crippen LogP contribution in [-0.4, -0.2) is 23.0 Å². The van der Waals surface area contributed by atoms with Gasteiger partial charge in [-0.25, -0.2) is 0 Å². The van der Waals surface area contributed by atoms with Crippen LogP contribution in [0.4, 0.5) is 0 Å². The monoisotopic (exact) mass is 263 g/mol. The molecule has 19 heavy (non-hydrogen) atoms. The van der Waals surface area contributed by atoms with Crippen LogP contribution in [0.5, 0.6) is 0 Å². The van der Waals surface area contributed by atoms with Gasteiger partial charge >= 0.3 is 0 Å². The first-order valence-electron chi connectivity index (χ1n) is 8.09. The molecule has 1 aliphatic rings. The Hall–Kier alpha value is -0.480. The molecule has 1 heteroatoms. The lowest BCUT2D eigenvalue weighted by Gasteiger charge is -2.42. The summed E-state index contributed by atoms with van der Waals surface area (Å²) in [5, 5.41) is 0. The van der Waals surface area contributed by atoms with Crippen LogP contribution in [0.1, 0.15) is 61.8 Å². The molecule has 6 unspecified atom stereocenters. The molecule has 0 saturated heterocycles. The van der Waals surface area contributed by atoms with Gasteiger partial charge in [-0.15, -0.1) is 0 Å². The van der Waals surface area contributed by atoms with Gasteiger partial charge in [0.25, 0.3) is 0 Å². The van der Waals surface area contributed by atoms with Crippen LogP contribution in [-0.2, 0) is 0 Å². The first-order valence-corrected chi connectivity index (χ1v) is 8.09. The number of rotatable bonds is 4. The van der Waals surface area contributed by atoms with Crippen molar-refractivity contribution in [3.63, 3.8) is 0 Å². The molecule has 0 N–H and O–H groups in total. The second-order valence-electron chi connectivity index (χ2n) is 6.91. The lowest BCUT2D eigenvalue weighted by molar-refractivity contribution is 0.0564. The van der Waals surface area contributed by atoms with E-state index >= 15 is 0 Å². The highest BCUT2D eigenvalue weighted by atomic mass is 15.2. The van der Waals surface area contributed by atoms with Crippen molar-refractivity contribution in [2.45, 2.75) is 79.9 Å². The third-order valence-electron chi connectivity index (χ3n) is 5.44. The molecule has 0 aromatic rings. The van der Waals surface area contributed by atoms with E-state index in [9.17, 15) is 0 Å². The van der Waals surface area contributed by atoms with Gasteiger partial charge in [0, 0.05) is 18.0 Å². The molecular weight excluding hydrogens is 230 g/mol. The maximum Gasteiger partial charge on any atom is 0.0747 e. The minimum atomic E-state index is 0.414. The van der Waals surface area contributed by atoms with Crippen molar-refractivity contribution < 1.29 is 0 Å². The zero-order valence-electron chi connectivity index (χ0n) is 14.2. The van der Waals surface area contributed by atoms with Gasteiger partial charge in [-0.1, -0.05) is 52.9 Å². The van der Waals surface area contributed by atoms with Crippen molar-refractivity contribution in [2.75, 3.05) is 0 Å². The standard InChI is InChI=1S/C18H33N/c1-9-13(4)16(7)18-11-10-14(5)15(6)17(8)19(18)12(2)3/h12-18H,9H2,1-8H3. The predicted molar refractivity (Wildman–Crippen MR) is 84.9 cm³/mol. The van der Waals surface area contributed by atoms with E-state index in [0.29, 0.717) is 35.9 Å². The van der Waals surface area contributed by atoms with Gasteiger partial charge in [0.15, 0.2) is 0 Å². The molecule has 0 aromatic carbocycles. The van der Waals surface area contributed by atoms with Gasteiger partial charge in [-0.2, -0.15) is 0 Å². The van der Waals surface area contributed by atoms with E-state index in [0.717, 1.165) is 5.92 Å². The highest BCUT2D eigenvalue weighted by Gasteiger charge is 2.36. The summed E-state index contributed by atoms with van der Waals surface area (Å²) in [5.41, 5.74) is 0. The molecule has 6 atom stereocenters. The third-order valence-corrected chi connectivity index (χ3v) is 5.44. The molecule has 0 radical (unpaired) electrons. The van der Waals surface area contributed by atoms with Crippen LogP contribution in [0, 0.1) is 35.5 Å². The molecule has 0 amide bonds. The van der Waals surface area contributed by atoms with Crippen LogP contribution in [0.2, 0.25) is 0 Å². The molecule has 1 rings (SSSR count). The first-order chi connectivity index (χ1) is 8.81. The average molecular weight is 263 g/mol. The van der Waals surface area contributed by atoms with Gasteiger partial charge < -0.3 is 0 Å². The molecular formula is C18H33N. The molecule has 110 valence electrons. The molecule has 0 aromatic heterocycles. The van der Waals surface area contributed by atoms with Crippen molar-refractivity contribution in [1.29, 1.82) is 0 Å². The summed E-state index contributed by atoms with van der Waals surface area (Å²) in [7, 11) is 0. The minimum absolute atomic E-state index is 0.414. The van der Waals surface area contributed by atoms with E-state index in [2.05, 4.69) is 72.1 Å². The zero-order valence-corrected chi connectivity index (χ0v) is 14.2. The van der Waals surface area contributed by atoms with Crippen LogP contribution >= 0.6 is 0 Å². The molecule has 0 aliphatic carbocycles. The summed E-state index contributed by atoms with van der Waals surface area (Å²) in [6.45, 7) is 18.7. The Morgan fingerprint density at radius 3 is 2.05 bits per heavy atom. The summed E-state index contributed by atoms with van der Waals surface area (Å²) < 4.78 is 0. The fraction of sp³-hybridized carbons (Fsp3) is 0.889. The van der Waals surface area contributed by atoms with Crippen molar-refractivity contribution in [2.24, 2.45) is 23.7 Å². The van der Waals surface area contributed by atoms with E-state index < -0.39 is 0 Å². The number of hydrogen-bond donors (Lipinski definition) is 0. The second kappa shape index (κ2) is 6.80. The van der Waals surface area contributed by atoms with Gasteiger partial charge in [0.05, 0.1) is 6.04 Å². The molecule has 0 fully saturated rings. The Bertz CT molecular complexity index is 335. The Morgan fingerprint density at radius 2 is 1.58 bits per heavy atom. The van der Waals surface area contributed by atoms with Crippen molar-refractivity contribution >= 4 is 0 Å². The lowest BCUT2D eigenvalue weighted by Crippen LogP contribution is -2.51. The van der Waals surface area contributed by atoms with Crippen LogP contribution in [0.3, 0.4) is 0 Å². The van der Waals surface area contributed by atoms with Crippen molar-refractivity contribution in [3.05, 3.63) is 0 Å². The SMILES string of the molecule is CCC(C)C(C)C1C#CC(C)C(C)C(C)N1C(C)C. The van der Waals surface area contributed by atoms with E-state index in [-0.39, 0.29) is 0 Å². The van der Waals surface area contributed by atoms with Crippen molar-refractivity contribution in [1.82, 2.24) is 4.90 Å². The second-order valence-corrected chi connectivity index (χ2v) is 6.91. The topological polar surface area (TPSA) is 3.24 Å². The van der Waals surface area contributed by atoms with Crippen LogP contribution < -0.4 is 0 Å². The fourth-order valence-corrected chi connectivity index (χ4v) is 3.24. The van der Waals surface area contributed by atoms with Crippen LogP contribution in [0.15, 0.2) is 0 Å². The molecule has 1 nitrogen and oxygen atoms in total. The Morgan fingerprint density at radius 1 is 1.00 bits per heavy atom. The maximum atomic E-state index is 3.61. The molecule has 1 aliphatic heterocycles. The number of nitrogens with zero attached hydrogens (tertiary/aromatic N) is 1. The smallest absolute Gasteiger partial charge is 0.0747 e. The fourth-order valence-electron chi connectivity index (χ4n) is 3.24. The van der Waals surface area contributed by atoms with Crippen molar-refractivity contribution in [3.8, 4) is 11.8 Å². The normalized spacial score (nSPS) is 35.4. The van der Waals surface area contributed by atoms with E-state index in [1.165, 1.54) is 6.42 Å². The van der Waals surface area contributed by atoms with Crippen LogP contribution in [0.25, 0.3) is 0 Å². The first kappa shape index (κ1) is 16.6. The maximum absolute atomic E-state index is 3.61. The third kappa shape index (κ3) is 3.54. The van der Waals surface area contributed by atoms with Gasteiger partial charge in [0.2, 0.25) is 0 Å². The van der Waals surface area contributed by atoms with Gasteiger partial charge in [-0.3, -0.25) is 4.90 Å². The predicted octanol–water partition coefficient (Wildman–Crippen LogP) is 4.43. The average Bonchev–Trinajstić information content (AvgIpc) is 2.48. The Balaban J connectivity index is 3.09. The summed E-state index contributed by atoms with van der Waals surface area (Å²) in [4.78, 5) is 2.66. The molecule has 0 bridgehead atoms. The highest BCUT2D eigenvalue weighted by molar-refractivity contribution is 5.17.